The van der Waals surface area contributed by atoms with E-state index in [0.29, 0.717) is 37.4 Å². The minimum absolute atomic E-state index is 0.0240. The van der Waals surface area contributed by atoms with E-state index in [1.807, 2.05) is 86.3 Å². The maximum atomic E-state index is 14.2. The number of likely N-dealkylation sites (N-methyl/N-ethyl adjacent to an activating group) is 1. The number of methoxy groups -OCH3 is 2. The van der Waals surface area contributed by atoms with E-state index in [-0.39, 0.29) is 18.0 Å². The first-order valence-corrected chi connectivity index (χ1v) is 16.3. The van der Waals surface area contributed by atoms with Crippen molar-refractivity contribution < 1.29 is 23.8 Å². The molecule has 0 bridgehead atoms. The third kappa shape index (κ3) is 7.41. The molecule has 46 heavy (non-hydrogen) atoms. The van der Waals surface area contributed by atoms with Crippen molar-refractivity contribution in [3.8, 4) is 11.5 Å². The van der Waals surface area contributed by atoms with Gasteiger partial charge in [0.2, 0.25) is 0 Å². The van der Waals surface area contributed by atoms with Gasteiger partial charge in [0.1, 0.15) is 5.60 Å². The van der Waals surface area contributed by atoms with Crippen molar-refractivity contribution in [3.63, 3.8) is 0 Å². The average Bonchev–Trinajstić information content (AvgIpc) is 3.40. The van der Waals surface area contributed by atoms with E-state index in [4.69, 9.17) is 14.2 Å². The lowest BCUT2D eigenvalue weighted by atomic mass is 9.99. The number of carbonyl (C=O) groups is 2. The van der Waals surface area contributed by atoms with Crippen molar-refractivity contribution in [1.29, 1.82) is 0 Å². The zero-order chi connectivity index (χ0) is 32.8. The van der Waals surface area contributed by atoms with Crippen LogP contribution in [0.15, 0.2) is 66.7 Å². The van der Waals surface area contributed by atoms with Crippen LogP contribution in [0.1, 0.15) is 68.1 Å². The number of nitrogens with zero attached hydrogens (tertiary/aromatic N) is 4. The summed E-state index contributed by atoms with van der Waals surface area (Å²) in [6.07, 6.45) is 0.879. The third-order valence-corrected chi connectivity index (χ3v) is 8.84. The largest absolute Gasteiger partial charge is 0.493 e. The number of para-hydroxylation sites is 1. The van der Waals surface area contributed by atoms with Crippen LogP contribution in [0.25, 0.3) is 0 Å². The summed E-state index contributed by atoms with van der Waals surface area (Å²) in [7, 11) is 3.24. The second-order valence-corrected chi connectivity index (χ2v) is 12.9. The van der Waals surface area contributed by atoms with Gasteiger partial charge < -0.3 is 28.9 Å². The van der Waals surface area contributed by atoms with E-state index in [1.54, 1.807) is 19.1 Å². The Balaban J connectivity index is 1.43. The summed E-state index contributed by atoms with van der Waals surface area (Å²) < 4.78 is 17.0. The van der Waals surface area contributed by atoms with Gasteiger partial charge in [0.05, 0.1) is 20.3 Å². The summed E-state index contributed by atoms with van der Waals surface area (Å²) >= 11 is 0. The van der Waals surface area contributed by atoms with Gasteiger partial charge in [0, 0.05) is 61.8 Å². The Kier molecular flexibility index (Phi) is 10.4. The van der Waals surface area contributed by atoms with Crippen molar-refractivity contribution in [2.45, 2.75) is 58.7 Å². The van der Waals surface area contributed by atoms with Crippen molar-refractivity contribution in [1.82, 2.24) is 9.80 Å². The van der Waals surface area contributed by atoms with Crippen LogP contribution in [0, 0.1) is 0 Å². The van der Waals surface area contributed by atoms with Gasteiger partial charge in [-0.15, -0.1) is 0 Å². The van der Waals surface area contributed by atoms with Crippen LogP contribution in [0.4, 0.5) is 16.2 Å². The molecule has 2 amide bonds. The Bertz CT molecular complexity index is 1500. The van der Waals surface area contributed by atoms with E-state index in [2.05, 4.69) is 22.8 Å². The molecule has 0 unspecified atom stereocenters. The molecule has 1 fully saturated rings. The van der Waals surface area contributed by atoms with E-state index in [0.717, 1.165) is 60.8 Å². The molecule has 2 heterocycles. The summed E-state index contributed by atoms with van der Waals surface area (Å²) in [5, 5.41) is 0. The molecule has 1 saturated heterocycles. The minimum atomic E-state index is -0.624. The summed E-state index contributed by atoms with van der Waals surface area (Å²) in [5.74, 6) is 1.27. The first-order chi connectivity index (χ1) is 22.1. The summed E-state index contributed by atoms with van der Waals surface area (Å²) in [6.45, 7) is 13.7. The molecule has 2 aliphatic rings. The van der Waals surface area contributed by atoms with Crippen LogP contribution in [0.2, 0.25) is 0 Å². The minimum Gasteiger partial charge on any atom is -0.493 e. The zero-order valence-corrected chi connectivity index (χ0v) is 28.1. The van der Waals surface area contributed by atoms with Gasteiger partial charge in [-0.1, -0.05) is 37.3 Å². The fraction of sp³-hybridized carbons (Fsp3) is 0.459. The molecular weight excluding hydrogens is 580 g/mol. The fourth-order valence-corrected chi connectivity index (χ4v) is 6.45. The molecule has 5 rings (SSSR count). The molecule has 0 aromatic heterocycles. The number of carbonyl (C=O) groups excluding carboxylic acids is 2. The average molecular weight is 629 g/mol. The summed E-state index contributed by atoms with van der Waals surface area (Å²) in [6, 6.07) is 21.3. The smallest absolute Gasteiger partial charge is 0.414 e. The molecular formula is C37H48N4O5. The van der Waals surface area contributed by atoms with Crippen molar-refractivity contribution >= 4 is 23.4 Å². The van der Waals surface area contributed by atoms with Gasteiger partial charge in [-0.25, -0.2) is 4.79 Å². The molecule has 246 valence electrons. The Morgan fingerprint density at radius 2 is 1.63 bits per heavy atom. The standard InChI is InChI=1S/C37H48N4O5/c1-7-38-21-23-39(24-22-38)32-16-11-15-29-30(32)26-41(35(29)42)31(27-18-19-33(44-5)34(25-27)45-6)17-12-20-40(28-13-9-8-10-14-28)36(43)46-37(2,3)4/h8-11,13-16,18-19,25,31H,7,12,17,20-24,26H2,1-6H3/t31-/m1/s1. The lowest BCUT2D eigenvalue weighted by Crippen LogP contribution is -2.46. The Morgan fingerprint density at radius 1 is 0.913 bits per heavy atom. The number of piperazine rings is 1. The van der Waals surface area contributed by atoms with Crippen LogP contribution in [0.5, 0.6) is 11.5 Å². The summed E-state index contributed by atoms with van der Waals surface area (Å²) in [5.41, 5.74) is 4.11. The highest BCUT2D eigenvalue weighted by Gasteiger charge is 2.36. The van der Waals surface area contributed by atoms with Gasteiger partial charge in [-0.3, -0.25) is 9.69 Å². The highest BCUT2D eigenvalue weighted by Crippen LogP contribution is 2.40. The lowest BCUT2D eigenvalue weighted by Gasteiger charge is -2.36. The normalized spacial score (nSPS) is 15.8. The van der Waals surface area contributed by atoms with Gasteiger partial charge in [0.25, 0.3) is 5.91 Å². The Morgan fingerprint density at radius 3 is 2.28 bits per heavy atom. The molecule has 1 atom stereocenters. The molecule has 0 aliphatic carbocycles. The molecule has 0 saturated carbocycles. The number of benzene rings is 3. The first kappa shape index (κ1) is 33.1. The number of anilines is 2. The van der Waals surface area contributed by atoms with Crippen LogP contribution in [-0.2, 0) is 11.3 Å². The molecule has 0 spiro atoms. The topological polar surface area (TPSA) is 74.8 Å². The number of fused-ring (bicyclic) bond motifs is 1. The van der Waals surface area contributed by atoms with Gasteiger partial charge >= 0.3 is 6.09 Å². The second kappa shape index (κ2) is 14.5. The molecule has 3 aromatic rings. The number of rotatable bonds is 11. The monoisotopic (exact) mass is 628 g/mol. The maximum Gasteiger partial charge on any atom is 0.414 e. The number of amides is 2. The Hall–Kier alpha value is -4.24. The third-order valence-electron chi connectivity index (χ3n) is 8.84. The number of hydrogen-bond donors (Lipinski definition) is 0. The van der Waals surface area contributed by atoms with Gasteiger partial charge in [-0.2, -0.15) is 0 Å². The molecule has 0 radical (unpaired) electrons. The van der Waals surface area contributed by atoms with Crippen LogP contribution < -0.4 is 19.3 Å². The van der Waals surface area contributed by atoms with Crippen molar-refractivity contribution in [3.05, 3.63) is 83.4 Å². The van der Waals surface area contributed by atoms with Gasteiger partial charge in [-0.05, 0) is 82.1 Å². The van der Waals surface area contributed by atoms with E-state index < -0.39 is 5.60 Å². The highest BCUT2D eigenvalue weighted by molar-refractivity contribution is 6.00. The molecule has 0 N–H and O–H groups in total. The van der Waals surface area contributed by atoms with E-state index in [9.17, 15) is 9.59 Å². The first-order valence-electron chi connectivity index (χ1n) is 16.3. The summed E-state index contributed by atoms with van der Waals surface area (Å²) in [4.78, 5) is 36.1. The van der Waals surface area contributed by atoms with E-state index >= 15 is 0 Å². The van der Waals surface area contributed by atoms with Gasteiger partial charge in [0.15, 0.2) is 11.5 Å². The molecule has 2 aliphatic heterocycles. The molecule has 9 heteroatoms. The predicted molar refractivity (Wildman–Crippen MR) is 182 cm³/mol. The van der Waals surface area contributed by atoms with Crippen LogP contribution in [-0.4, -0.2) is 80.9 Å². The predicted octanol–water partition coefficient (Wildman–Crippen LogP) is 6.76. The lowest BCUT2D eigenvalue weighted by molar-refractivity contribution is 0.0574. The molecule has 9 nitrogen and oxygen atoms in total. The van der Waals surface area contributed by atoms with Crippen molar-refractivity contribution in [2.75, 3.05) is 63.3 Å². The highest BCUT2D eigenvalue weighted by atomic mass is 16.6. The Labute approximate surface area is 273 Å². The van der Waals surface area contributed by atoms with Crippen molar-refractivity contribution in [2.24, 2.45) is 0 Å². The zero-order valence-electron chi connectivity index (χ0n) is 28.1. The SMILES string of the molecule is CCN1CCN(c2cccc3c2CN([C@H](CCCN(C(=O)OC(C)(C)C)c2ccccc2)c2ccc(OC)c(OC)c2)C3=O)CC1. The fourth-order valence-electron chi connectivity index (χ4n) is 6.45. The number of hydrogen-bond acceptors (Lipinski definition) is 7. The maximum absolute atomic E-state index is 14.2. The quantitative estimate of drug-likeness (QED) is 0.232. The second-order valence-electron chi connectivity index (χ2n) is 12.9. The van der Waals surface area contributed by atoms with E-state index in [1.165, 1.54) is 0 Å². The number of ether oxygens (including phenoxy) is 3. The van der Waals surface area contributed by atoms with Crippen LogP contribution in [0.3, 0.4) is 0 Å². The molecule has 3 aromatic carbocycles. The van der Waals surface area contributed by atoms with Crippen LogP contribution >= 0.6 is 0 Å².